The normalized spacial score (nSPS) is 19.4. The van der Waals surface area contributed by atoms with Crippen molar-refractivity contribution >= 4 is 25.0 Å². The van der Waals surface area contributed by atoms with Gasteiger partial charge < -0.3 is 30.3 Å². The molecule has 4 N–H and O–H groups in total. The van der Waals surface area contributed by atoms with E-state index in [0.29, 0.717) is 19.4 Å². The van der Waals surface area contributed by atoms with Gasteiger partial charge in [-0.05, 0) is 46.5 Å². The zero-order valence-corrected chi connectivity index (χ0v) is 17.0. The lowest BCUT2D eigenvalue weighted by Gasteiger charge is -2.30. The molecule has 10 heteroatoms. The Morgan fingerprint density at radius 1 is 1.15 bits per heavy atom. The molecule has 3 unspecified atom stereocenters. The van der Waals surface area contributed by atoms with E-state index in [1.54, 1.807) is 34.6 Å². The Bertz CT molecular complexity index is 541. The highest BCUT2D eigenvalue weighted by molar-refractivity contribution is 6.43. The van der Waals surface area contributed by atoms with E-state index in [1.807, 2.05) is 0 Å². The van der Waals surface area contributed by atoms with E-state index in [0.717, 1.165) is 0 Å². The first kappa shape index (κ1) is 23.2. The number of carbonyl (C=O) groups is 3. The van der Waals surface area contributed by atoms with Crippen molar-refractivity contribution in [1.82, 2.24) is 15.5 Å². The molecule has 0 spiro atoms. The standard InChI is InChI=1S/C17H32BN3O6/c1-10(2)13(18(25)26)20-14(22)12-8-7-9-21(12)15(23)11(3)19-16(24)27-17(4,5)6/h10-13,25-26H,7-9H2,1-6H3,(H,19,24)(H,20,22). The number of nitrogens with one attached hydrogen (secondary N) is 2. The van der Waals surface area contributed by atoms with E-state index in [-0.39, 0.29) is 11.8 Å². The van der Waals surface area contributed by atoms with Crippen LogP contribution in [0, 0.1) is 5.92 Å². The predicted molar refractivity (Wildman–Crippen MR) is 101 cm³/mol. The van der Waals surface area contributed by atoms with Crippen LogP contribution in [0.15, 0.2) is 0 Å². The molecule has 9 nitrogen and oxygen atoms in total. The molecule has 0 radical (unpaired) electrons. The van der Waals surface area contributed by atoms with Crippen LogP contribution in [0.2, 0.25) is 0 Å². The molecule has 0 aromatic carbocycles. The highest BCUT2D eigenvalue weighted by Gasteiger charge is 2.39. The summed E-state index contributed by atoms with van der Waals surface area (Å²) in [6.45, 7) is 10.6. The Morgan fingerprint density at radius 2 is 1.74 bits per heavy atom. The molecule has 1 fully saturated rings. The van der Waals surface area contributed by atoms with Crippen molar-refractivity contribution in [2.45, 2.75) is 78.0 Å². The second-order valence-corrected chi connectivity index (χ2v) is 8.25. The quantitative estimate of drug-likeness (QED) is 0.478. The SMILES string of the molecule is CC(NC(=O)OC(C)(C)C)C(=O)N1CCCC1C(=O)NC(B(O)O)C(C)C. The molecule has 1 aliphatic rings. The number of alkyl carbamates (subject to hydrolysis) is 1. The molecule has 1 heterocycles. The molecule has 27 heavy (non-hydrogen) atoms. The van der Waals surface area contributed by atoms with E-state index < -0.39 is 42.7 Å². The molecule has 3 amide bonds. The Morgan fingerprint density at radius 3 is 2.22 bits per heavy atom. The van der Waals surface area contributed by atoms with Crippen LogP contribution in [0.4, 0.5) is 4.79 Å². The maximum atomic E-state index is 12.7. The summed E-state index contributed by atoms with van der Waals surface area (Å²) in [7, 11) is -1.69. The first-order chi connectivity index (χ1) is 12.3. The number of carbonyl (C=O) groups excluding carboxylic acids is 3. The number of ether oxygens (including phenoxy) is 1. The summed E-state index contributed by atoms with van der Waals surface area (Å²) in [6, 6.07) is -1.56. The summed E-state index contributed by atoms with van der Waals surface area (Å²) >= 11 is 0. The number of amides is 3. The molecule has 0 bridgehead atoms. The molecule has 1 saturated heterocycles. The van der Waals surface area contributed by atoms with E-state index >= 15 is 0 Å². The van der Waals surface area contributed by atoms with E-state index in [4.69, 9.17) is 4.74 Å². The van der Waals surface area contributed by atoms with Crippen LogP contribution in [0.1, 0.15) is 54.4 Å². The van der Waals surface area contributed by atoms with Gasteiger partial charge >= 0.3 is 13.2 Å². The third-order valence-electron chi connectivity index (χ3n) is 4.29. The summed E-state index contributed by atoms with van der Waals surface area (Å²) in [4.78, 5) is 38.5. The van der Waals surface area contributed by atoms with Crippen molar-refractivity contribution in [3.63, 3.8) is 0 Å². The third-order valence-corrected chi connectivity index (χ3v) is 4.29. The van der Waals surface area contributed by atoms with Crippen LogP contribution < -0.4 is 10.6 Å². The Hall–Kier alpha value is -1.81. The number of hydrogen-bond donors (Lipinski definition) is 4. The largest absolute Gasteiger partial charge is 0.475 e. The second-order valence-electron chi connectivity index (χ2n) is 8.25. The second kappa shape index (κ2) is 9.41. The summed E-state index contributed by atoms with van der Waals surface area (Å²) in [6.07, 6.45) is 0.423. The van der Waals surface area contributed by atoms with Gasteiger partial charge in [-0.3, -0.25) is 9.59 Å². The summed E-state index contributed by atoms with van der Waals surface area (Å²) < 4.78 is 5.15. The van der Waals surface area contributed by atoms with E-state index in [9.17, 15) is 24.4 Å². The molecular formula is C17H32BN3O6. The molecule has 0 aliphatic carbocycles. The summed E-state index contributed by atoms with van der Waals surface area (Å²) in [5, 5.41) is 24.0. The molecule has 0 saturated carbocycles. The monoisotopic (exact) mass is 385 g/mol. The fourth-order valence-corrected chi connectivity index (χ4v) is 2.94. The van der Waals surface area contributed by atoms with Crippen molar-refractivity contribution in [2.24, 2.45) is 5.92 Å². The van der Waals surface area contributed by atoms with Gasteiger partial charge in [-0.15, -0.1) is 0 Å². The fourth-order valence-electron chi connectivity index (χ4n) is 2.94. The molecule has 154 valence electrons. The van der Waals surface area contributed by atoms with Crippen LogP contribution in [0.5, 0.6) is 0 Å². The van der Waals surface area contributed by atoms with E-state index in [1.165, 1.54) is 11.8 Å². The van der Waals surface area contributed by atoms with Crippen molar-refractivity contribution in [1.29, 1.82) is 0 Å². The number of nitrogens with zero attached hydrogens (tertiary/aromatic N) is 1. The van der Waals surface area contributed by atoms with Crippen molar-refractivity contribution in [3.05, 3.63) is 0 Å². The lowest BCUT2D eigenvalue weighted by Crippen LogP contribution is -2.57. The van der Waals surface area contributed by atoms with Crippen LogP contribution in [0.25, 0.3) is 0 Å². The average molecular weight is 385 g/mol. The maximum absolute atomic E-state index is 12.7. The summed E-state index contributed by atoms with van der Waals surface area (Å²) in [5.74, 6) is -1.83. The van der Waals surface area contributed by atoms with Gasteiger partial charge in [-0.1, -0.05) is 13.8 Å². The minimum atomic E-state index is -1.69. The van der Waals surface area contributed by atoms with Crippen molar-refractivity contribution in [2.75, 3.05) is 6.54 Å². The molecule has 1 rings (SSSR count). The van der Waals surface area contributed by atoms with Gasteiger partial charge in [-0.2, -0.15) is 0 Å². The highest BCUT2D eigenvalue weighted by atomic mass is 16.6. The zero-order valence-electron chi connectivity index (χ0n) is 17.0. The Labute approximate surface area is 161 Å². The topological polar surface area (TPSA) is 128 Å². The first-order valence-electron chi connectivity index (χ1n) is 9.30. The maximum Gasteiger partial charge on any atom is 0.475 e. The van der Waals surface area contributed by atoms with Gasteiger partial charge in [0.05, 0.1) is 5.94 Å². The predicted octanol–water partition coefficient (Wildman–Crippen LogP) is 0.0434. The minimum Gasteiger partial charge on any atom is -0.444 e. The highest BCUT2D eigenvalue weighted by Crippen LogP contribution is 2.19. The van der Waals surface area contributed by atoms with Gasteiger partial charge in [0.1, 0.15) is 17.7 Å². The van der Waals surface area contributed by atoms with Crippen LogP contribution >= 0.6 is 0 Å². The molecule has 3 atom stereocenters. The zero-order chi connectivity index (χ0) is 20.9. The van der Waals surface area contributed by atoms with Crippen molar-refractivity contribution in [3.8, 4) is 0 Å². The van der Waals surface area contributed by atoms with Gasteiger partial charge in [0.15, 0.2) is 0 Å². The number of rotatable bonds is 6. The molecule has 0 aromatic rings. The van der Waals surface area contributed by atoms with E-state index in [2.05, 4.69) is 10.6 Å². The van der Waals surface area contributed by atoms with Crippen LogP contribution in [0.3, 0.4) is 0 Å². The van der Waals surface area contributed by atoms with Crippen LogP contribution in [-0.2, 0) is 14.3 Å². The smallest absolute Gasteiger partial charge is 0.444 e. The third kappa shape index (κ3) is 7.02. The van der Waals surface area contributed by atoms with Gasteiger partial charge in [0.25, 0.3) is 0 Å². The van der Waals surface area contributed by atoms with Crippen LogP contribution in [-0.4, -0.2) is 70.1 Å². The number of hydrogen-bond acceptors (Lipinski definition) is 6. The van der Waals surface area contributed by atoms with Gasteiger partial charge in [-0.25, -0.2) is 4.79 Å². The van der Waals surface area contributed by atoms with Crippen molar-refractivity contribution < 1.29 is 29.2 Å². The minimum absolute atomic E-state index is 0.188. The lowest BCUT2D eigenvalue weighted by atomic mass is 9.73. The molecule has 1 aliphatic heterocycles. The Balaban J connectivity index is 2.73. The Kier molecular flexibility index (Phi) is 8.10. The summed E-state index contributed by atoms with van der Waals surface area (Å²) in [5.41, 5.74) is -0.681. The average Bonchev–Trinajstić information content (AvgIpc) is 2.98. The first-order valence-corrected chi connectivity index (χ1v) is 9.30. The molecule has 0 aromatic heterocycles. The van der Waals surface area contributed by atoms with Gasteiger partial charge in [0, 0.05) is 6.54 Å². The van der Waals surface area contributed by atoms with Gasteiger partial charge in [0.2, 0.25) is 11.8 Å². The number of likely N-dealkylation sites (tertiary alicyclic amines) is 1. The molecular weight excluding hydrogens is 353 g/mol. The lowest BCUT2D eigenvalue weighted by molar-refractivity contribution is -0.139. The fraction of sp³-hybridized carbons (Fsp3) is 0.824.